The molecule has 1 aromatic carbocycles. The second-order valence-corrected chi connectivity index (χ2v) is 10.5. The molecule has 2 aromatic rings. The van der Waals surface area contributed by atoms with Crippen molar-refractivity contribution in [1.82, 2.24) is 23.9 Å². The summed E-state index contributed by atoms with van der Waals surface area (Å²) in [6.07, 6.45) is 0. The highest BCUT2D eigenvalue weighted by atomic mass is 32.2. The van der Waals surface area contributed by atoms with Crippen LogP contribution < -0.4 is 0 Å². The van der Waals surface area contributed by atoms with Gasteiger partial charge in [0.25, 0.3) is 0 Å². The molecule has 1 saturated heterocycles. The zero-order valence-electron chi connectivity index (χ0n) is 19.3. The van der Waals surface area contributed by atoms with Crippen LogP contribution in [0.4, 0.5) is 0 Å². The van der Waals surface area contributed by atoms with E-state index in [1.807, 2.05) is 32.5 Å². The Morgan fingerprint density at radius 3 is 2.26 bits per heavy atom. The average molecular weight is 448 g/mol. The van der Waals surface area contributed by atoms with Crippen LogP contribution in [0, 0.1) is 27.7 Å². The normalized spacial score (nSPS) is 15.6. The highest BCUT2D eigenvalue weighted by Gasteiger charge is 2.28. The van der Waals surface area contributed by atoms with Crippen molar-refractivity contribution >= 4 is 15.9 Å². The first kappa shape index (κ1) is 23.4. The number of amides is 1. The molecule has 0 unspecified atom stereocenters. The van der Waals surface area contributed by atoms with Gasteiger partial charge in [0.1, 0.15) is 0 Å². The average Bonchev–Trinajstić information content (AvgIpc) is 2.96. The lowest BCUT2D eigenvalue weighted by atomic mass is 10.1. The zero-order valence-corrected chi connectivity index (χ0v) is 20.2. The van der Waals surface area contributed by atoms with E-state index < -0.39 is 10.0 Å². The minimum Gasteiger partial charge on any atom is -0.339 e. The van der Waals surface area contributed by atoms with Gasteiger partial charge in [0, 0.05) is 58.1 Å². The monoisotopic (exact) mass is 447 g/mol. The number of carbonyl (C=O) groups excluding carboxylic acids is 1. The van der Waals surface area contributed by atoms with Crippen molar-refractivity contribution in [2.45, 2.75) is 39.1 Å². The van der Waals surface area contributed by atoms with Crippen molar-refractivity contribution in [2.24, 2.45) is 7.05 Å². The second kappa shape index (κ2) is 9.10. The molecule has 0 radical (unpaired) electrons. The van der Waals surface area contributed by atoms with Crippen LogP contribution in [0.15, 0.2) is 23.1 Å². The standard InChI is InChI=1S/C22H33N5O3S/c1-16-7-8-20(13-17(16)2)31(29,30)24(5)15-22(28)27-11-9-26(10-12-27)14-21-18(3)23-25(6)19(21)4/h7-8,13H,9-12,14-15H2,1-6H3. The Labute approximate surface area is 185 Å². The van der Waals surface area contributed by atoms with Gasteiger partial charge in [-0.1, -0.05) is 6.07 Å². The summed E-state index contributed by atoms with van der Waals surface area (Å²) in [5.41, 5.74) is 5.38. The van der Waals surface area contributed by atoms with Gasteiger partial charge in [-0.2, -0.15) is 9.40 Å². The van der Waals surface area contributed by atoms with Crippen LogP contribution in [0.2, 0.25) is 0 Å². The Hall–Kier alpha value is -2.23. The molecule has 0 bridgehead atoms. The third-order valence-electron chi connectivity index (χ3n) is 6.31. The van der Waals surface area contributed by atoms with Crippen LogP contribution in [0.3, 0.4) is 0 Å². The predicted octanol–water partition coefficient (Wildman–Crippen LogP) is 1.62. The summed E-state index contributed by atoms with van der Waals surface area (Å²) < 4.78 is 28.8. The van der Waals surface area contributed by atoms with E-state index in [9.17, 15) is 13.2 Å². The first-order valence-corrected chi connectivity index (χ1v) is 12.0. The van der Waals surface area contributed by atoms with Gasteiger partial charge >= 0.3 is 0 Å². The maximum Gasteiger partial charge on any atom is 0.243 e. The number of aryl methyl sites for hydroxylation is 4. The summed E-state index contributed by atoms with van der Waals surface area (Å²) in [5.74, 6) is -0.164. The van der Waals surface area contributed by atoms with E-state index >= 15 is 0 Å². The maximum atomic E-state index is 12.9. The molecule has 0 aliphatic carbocycles. The lowest BCUT2D eigenvalue weighted by Crippen LogP contribution is -2.51. The summed E-state index contributed by atoms with van der Waals surface area (Å²) >= 11 is 0. The topological polar surface area (TPSA) is 78.8 Å². The second-order valence-electron chi connectivity index (χ2n) is 8.44. The molecule has 0 N–H and O–H groups in total. The van der Waals surface area contributed by atoms with Crippen molar-refractivity contribution < 1.29 is 13.2 Å². The van der Waals surface area contributed by atoms with E-state index in [1.54, 1.807) is 23.1 Å². The molecule has 1 aliphatic heterocycles. The van der Waals surface area contributed by atoms with Crippen LogP contribution in [-0.4, -0.2) is 78.0 Å². The molecule has 1 aromatic heterocycles. The van der Waals surface area contributed by atoms with Gasteiger partial charge in [0.05, 0.1) is 17.1 Å². The molecule has 0 saturated carbocycles. The van der Waals surface area contributed by atoms with Crippen LogP contribution in [0.5, 0.6) is 0 Å². The number of benzene rings is 1. The molecule has 1 amide bonds. The number of carbonyl (C=O) groups is 1. The fourth-order valence-electron chi connectivity index (χ4n) is 3.86. The number of nitrogens with zero attached hydrogens (tertiary/aromatic N) is 5. The zero-order chi connectivity index (χ0) is 22.9. The number of rotatable bonds is 6. The molecule has 31 heavy (non-hydrogen) atoms. The molecule has 0 spiro atoms. The molecule has 3 rings (SSSR count). The maximum absolute atomic E-state index is 12.9. The van der Waals surface area contributed by atoms with Gasteiger partial charge in [0.2, 0.25) is 15.9 Å². The molecule has 170 valence electrons. The SMILES string of the molecule is Cc1ccc(S(=O)(=O)N(C)CC(=O)N2CCN(Cc3c(C)nn(C)c3C)CC2)cc1C. The first-order valence-electron chi connectivity index (χ1n) is 10.5. The molecule has 1 fully saturated rings. The van der Waals surface area contributed by atoms with E-state index in [-0.39, 0.29) is 17.3 Å². The Kier molecular flexibility index (Phi) is 6.88. The van der Waals surface area contributed by atoms with Gasteiger partial charge in [0.15, 0.2) is 0 Å². The fraction of sp³-hybridized carbons (Fsp3) is 0.545. The number of sulfonamides is 1. The molecule has 9 heteroatoms. The lowest BCUT2D eigenvalue weighted by molar-refractivity contribution is -0.133. The molecule has 1 aliphatic rings. The van der Waals surface area contributed by atoms with E-state index in [2.05, 4.69) is 16.9 Å². The molecule has 8 nitrogen and oxygen atoms in total. The van der Waals surface area contributed by atoms with E-state index in [0.29, 0.717) is 13.1 Å². The Balaban J connectivity index is 1.57. The van der Waals surface area contributed by atoms with Crippen molar-refractivity contribution in [3.05, 3.63) is 46.3 Å². The van der Waals surface area contributed by atoms with Crippen LogP contribution in [0.1, 0.15) is 28.1 Å². The lowest BCUT2D eigenvalue weighted by Gasteiger charge is -2.35. The van der Waals surface area contributed by atoms with Gasteiger partial charge in [-0.25, -0.2) is 8.42 Å². The number of piperazine rings is 1. The summed E-state index contributed by atoms with van der Waals surface area (Å²) in [7, 11) is -0.290. The van der Waals surface area contributed by atoms with E-state index in [4.69, 9.17) is 0 Å². The van der Waals surface area contributed by atoms with E-state index in [1.165, 1.54) is 12.6 Å². The highest BCUT2D eigenvalue weighted by molar-refractivity contribution is 7.89. The minimum atomic E-state index is -3.70. The van der Waals surface area contributed by atoms with Crippen molar-refractivity contribution in [3.63, 3.8) is 0 Å². The van der Waals surface area contributed by atoms with Crippen LogP contribution in [-0.2, 0) is 28.4 Å². The number of hydrogen-bond donors (Lipinski definition) is 0. The van der Waals surface area contributed by atoms with Crippen molar-refractivity contribution in [2.75, 3.05) is 39.8 Å². The summed E-state index contributed by atoms with van der Waals surface area (Å²) in [6, 6.07) is 5.05. The molecular formula is C22H33N5O3S. The van der Waals surface area contributed by atoms with Crippen LogP contribution in [0.25, 0.3) is 0 Å². The number of likely N-dealkylation sites (N-methyl/N-ethyl adjacent to an activating group) is 1. The summed E-state index contributed by atoms with van der Waals surface area (Å²) in [6.45, 7) is 11.3. The van der Waals surface area contributed by atoms with Gasteiger partial charge < -0.3 is 4.90 Å². The van der Waals surface area contributed by atoms with Crippen molar-refractivity contribution in [3.8, 4) is 0 Å². The summed E-state index contributed by atoms with van der Waals surface area (Å²) in [4.78, 5) is 17.1. The number of hydrogen-bond acceptors (Lipinski definition) is 5. The predicted molar refractivity (Wildman–Crippen MR) is 120 cm³/mol. The Morgan fingerprint density at radius 1 is 1.06 bits per heavy atom. The third-order valence-corrected chi connectivity index (χ3v) is 8.11. The Morgan fingerprint density at radius 2 is 1.71 bits per heavy atom. The highest BCUT2D eigenvalue weighted by Crippen LogP contribution is 2.19. The molecule has 2 heterocycles. The molecule has 0 atom stereocenters. The van der Waals surface area contributed by atoms with Gasteiger partial charge in [-0.05, 0) is 51.0 Å². The number of aromatic nitrogens is 2. The summed E-state index contributed by atoms with van der Waals surface area (Å²) in [5, 5.41) is 4.47. The minimum absolute atomic E-state index is 0.157. The largest absolute Gasteiger partial charge is 0.339 e. The van der Waals surface area contributed by atoms with E-state index in [0.717, 1.165) is 46.5 Å². The quantitative estimate of drug-likeness (QED) is 0.672. The third kappa shape index (κ3) is 4.99. The van der Waals surface area contributed by atoms with Gasteiger partial charge in [-0.3, -0.25) is 14.4 Å². The molecular weight excluding hydrogens is 414 g/mol. The van der Waals surface area contributed by atoms with Gasteiger partial charge in [-0.15, -0.1) is 0 Å². The fourth-order valence-corrected chi connectivity index (χ4v) is 5.06. The van der Waals surface area contributed by atoms with Crippen LogP contribution >= 0.6 is 0 Å². The van der Waals surface area contributed by atoms with Crippen molar-refractivity contribution in [1.29, 1.82) is 0 Å². The first-order chi connectivity index (χ1) is 14.5. The Bertz CT molecular complexity index is 1070. The smallest absolute Gasteiger partial charge is 0.243 e.